The van der Waals surface area contributed by atoms with Crippen LogP contribution < -0.4 is 18.9 Å². The van der Waals surface area contributed by atoms with Gasteiger partial charge in [0.1, 0.15) is 6.33 Å². The Bertz CT molecular complexity index is 959. The summed E-state index contributed by atoms with van der Waals surface area (Å²) in [5, 5.41) is 0. The number of methoxy groups -OCH3 is 2. The lowest BCUT2D eigenvalue weighted by Gasteiger charge is -2.12. The highest BCUT2D eigenvalue weighted by molar-refractivity contribution is 7.92. The van der Waals surface area contributed by atoms with Crippen LogP contribution in [-0.4, -0.2) is 45.6 Å². The SMILES string of the molecule is COc1ncnc(NS(=O)(=O)c2ccc(NS(=O)(=O)O)cc2)c1OC. The molecule has 0 fully saturated rings. The Morgan fingerprint density at radius 3 is 2.12 bits per heavy atom. The lowest BCUT2D eigenvalue weighted by Crippen LogP contribution is -2.15. The monoisotopic (exact) mass is 390 g/mol. The van der Waals surface area contributed by atoms with Gasteiger partial charge in [-0.3, -0.25) is 14.0 Å². The fraction of sp³-hybridized carbons (Fsp3) is 0.167. The lowest BCUT2D eigenvalue weighted by atomic mass is 10.3. The van der Waals surface area contributed by atoms with E-state index in [1.807, 2.05) is 0 Å². The Morgan fingerprint density at radius 1 is 0.960 bits per heavy atom. The van der Waals surface area contributed by atoms with Crippen molar-refractivity contribution in [3.05, 3.63) is 30.6 Å². The van der Waals surface area contributed by atoms with E-state index in [1.54, 1.807) is 4.72 Å². The number of benzene rings is 1. The highest BCUT2D eigenvalue weighted by Crippen LogP contribution is 2.32. The fourth-order valence-electron chi connectivity index (χ4n) is 1.80. The van der Waals surface area contributed by atoms with Crippen LogP contribution >= 0.6 is 0 Å². The van der Waals surface area contributed by atoms with Crippen LogP contribution in [0.2, 0.25) is 0 Å². The van der Waals surface area contributed by atoms with Crippen molar-refractivity contribution < 1.29 is 30.9 Å². The molecular weight excluding hydrogens is 376 g/mol. The molecule has 2 rings (SSSR count). The number of nitrogens with one attached hydrogen (secondary N) is 2. The standard InChI is InChI=1S/C12H14N4O7S2/c1-22-10-11(13-7-14-12(10)23-2)16-24(17,18)9-5-3-8(4-6-9)15-25(19,20)21/h3-7,15H,1-2H3,(H,13,14,16)(H,19,20,21). The maximum atomic E-state index is 12.4. The van der Waals surface area contributed by atoms with Gasteiger partial charge in [-0.05, 0) is 24.3 Å². The molecule has 0 amide bonds. The van der Waals surface area contributed by atoms with Gasteiger partial charge < -0.3 is 9.47 Å². The number of aromatic nitrogens is 2. The summed E-state index contributed by atoms with van der Waals surface area (Å²) in [5.74, 6) is -0.0874. The summed E-state index contributed by atoms with van der Waals surface area (Å²) in [5.41, 5.74) is -0.0114. The van der Waals surface area contributed by atoms with Gasteiger partial charge in [0.25, 0.3) is 15.9 Å². The summed E-state index contributed by atoms with van der Waals surface area (Å²) in [6.07, 6.45) is 1.10. The first-order valence-electron chi connectivity index (χ1n) is 6.47. The highest BCUT2D eigenvalue weighted by Gasteiger charge is 2.20. The maximum Gasteiger partial charge on any atom is 0.357 e. The maximum absolute atomic E-state index is 12.4. The molecule has 13 heteroatoms. The third-order valence-electron chi connectivity index (χ3n) is 2.81. The van der Waals surface area contributed by atoms with Gasteiger partial charge >= 0.3 is 10.3 Å². The third kappa shape index (κ3) is 4.68. The summed E-state index contributed by atoms with van der Waals surface area (Å²) < 4.78 is 69.0. The molecule has 0 aliphatic heterocycles. The second-order valence-corrected chi connectivity index (χ2v) is 7.31. The molecule has 0 atom stereocenters. The van der Waals surface area contributed by atoms with Crippen LogP contribution in [0.5, 0.6) is 11.6 Å². The summed E-state index contributed by atoms with van der Waals surface area (Å²) in [4.78, 5) is 7.43. The molecule has 1 aromatic carbocycles. The van der Waals surface area contributed by atoms with Crippen LogP contribution in [0.3, 0.4) is 0 Å². The molecule has 136 valence electrons. The van der Waals surface area contributed by atoms with Crippen LogP contribution in [0.1, 0.15) is 0 Å². The normalized spacial score (nSPS) is 11.6. The van der Waals surface area contributed by atoms with Crippen molar-refractivity contribution in [1.29, 1.82) is 0 Å². The topological polar surface area (TPSA) is 157 Å². The van der Waals surface area contributed by atoms with Crippen molar-refractivity contribution in [3.8, 4) is 11.6 Å². The molecule has 0 saturated carbocycles. The average molecular weight is 390 g/mol. The molecule has 1 heterocycles. The molecule has 0 aliphatic carbocycles. The van der Waals surface area contributed by atoms with Gasteiger partial charge in [0.15, 0.2) is 5.82 Å². The minimum Gasteiger partial charge on any atom is -0.489 e. The first-order chi connectivity index (χ1) is 11.7. The van der Waals surface area contributed by atoms with E-state index in [9.17, 15) is 16.8 Å². The Morgan fingerprint density at radius 2 is 1.60 bits per heavy atom. The zero-order chi connectivity index (χ0) is 18.7. The second-order valence-electron chi connectivity index (χ2n) is 4.47. The molecule has 0 unspecified atom stereocenters. The van der Waals surface area contributed by atoms with Gasteiger partial charge in [-0.2, -0.15) is 13.4 Å². The molecule has 25 heavy (non-hydrogen) atoms. The van der Waals surface area contributed by atoms with Gasteiger partial charge in [0.2, 0.25) is 5.75 Å². The number of sulfonamides is 1. The molecule has 0 saturated heterocycles. The van der Waals surface area contributed by atoms with E-state index >= 15 is 0 Å². The van der Waals surface area contributed by atoms with Crippen LogP contribution in [-0.2, 0) is 20.3 Å². The van der Waals surface area contributed by atoms with Gasteiger partial charge in [-0.25, -0.2) is 13.4 Å². The molecule has 11 nitrogen and oxygen atoms in total. The second kappa shape index (κ2) is 7.08. The van der Waals surface area contributed by atoms with Crippen molar-refractivity contribution in [2.45, 2.75) is 4.90 Å². The van der Waals surface area contributed by atoms with E-state index in [1.165, 1.54) is 26.4 Å². The van der Waals surface area contributed by atoms with E-state index in [0.717, 1.165) is 18.5 Å². The first-order valence-corrected chi connectivity index (χ1v) is 9.39. The third-order valence-corrected chi connectivity index (χ3v) is 4.66. The fourth-order valence-corrected chi connectivity index (χ4v) is 3.24. The van der Waals surface area contributed by atoms with E-state index in [0.29, 0.717) is 0 Å². The highest BCUT2D eigenvalue weighted by atomic mass is 32.2. The van der Waals surface area contributed by atoms with Gasteiger partial charge in [-0.1, -0.05) is 0 Å². The zero-order valence-corrected chi connectivity index (χ0v) is 14.6. The largest absolute Gasteiger partial charge is 0.489 e. The molecule has 0 radical (unpaired) electrons. The number of anilines is 2. The Kier molecular flexibility index (Phi) is 5.30. The van der Waals surface area contributed by atoms with E-state index in [-0.39, 0.29) is 28.0 Å². The molecule has 1 aromatic heterocycles. The van der Waals surface area contributed by atoms with Crippen LogP contribution in [0, 0.1) is 0 Å². The number of nitrogens with zero attached hydrogens (tertiary/aromatic N) is 2. The van der Waals surface area contributed by atoms with E-state index in [2.05, 4.69) is 14.7 Å². The average Bonchev–Trinajstić information content (AvgIpc) is 2.53. The predicted molar refractivity (Wildman–Crippen MR) is 87.6 cm³/mol. The number of hydrogen-bond donors (Lipinski definition) is 3. The Balaban J connectivity index is 2.31. The Hall–Kier alpha value is -2.64. The number of ether oxygens (including phenoxy) is 2. The zero-order valence-electron chi connectivity index (χ0n) is 13.0. The lowest BCUT2D eigenvalue weighted by molar-refractivity contribution is 0.342. The van der Waals surface area contributed by atoms with Crippen LogP contribution in [0.25, 0.3) is 0 Å². The minimum absolute atomic E-state index is 0.00163. The molecule has 0 aliphatic rings. The van der Waals surface area contributed by atoms with E-state index in [4.69, 9.17) is 14.0 Å². The molecule has 0 bridgehead atoms. The van der Waals surface area contributed by atoms with Gasteiger partial charge in [0, 0.05) is 0 Å². The minimum atomic E-state index is -4.45. The predicted octanol–water partition coefficient (Wildman–Crippen LogP) is 0.509. The summed E-state index contributed by atoms with van der Waals surface area (Å²) >= 11 is 0. The van der Waals surface area contributed by atoms with Crippen molar-refractivity contribution in [2.75, 3.05) is 23.7 Å². The number of hydrogen-bond acceptors (Lipinski definition) is 8. The molecule has 3 N–H and O–H groups in total. The smallest absolute Gasteiger partial charge is 0.357 e. The van der Waals surface area contributed by atoms with Crippen molar-refractivity contribution in [2.24, 2.45) is 0 Å². The van der Waals surface area contributed by atoms with E-state index < -0.39 is 20.3 Å². The van der Waals surface area contributed by atoms with Crippen LogP contribution in [0.15, 0.2) is 35.5 Å². The van der Waals surface area contributed by atoms with Gasteiger partial charge in [0.05, 0.1) is 24.8 Å². The molecule has 2 aromatic rings. The number of rotatable bonds is 7. The van der Waals surface area contributed by atoms with Crippen molar-refractivity contribution in [3.63, 3.8) is 0 Å². The van der Waals surface area contributed by atoms with Crippen LogP contribution in [0.4, 0.5) is 11.5 Å². The van der Waals surface area contributed by atoms with Gasteiger partial charge in [-0.15, -0.1) is 0 Å². The summed E-state index contributed by atoms with van der Waals surface area (Å²) in [7, 11) is -5.86. The molecular formula is C12H14N4O7S2. The quantitative estimate of drug-likeness (QED) is 0.573. The summed E-state index contributed by atoms with van der Waals surface area (Å²) in [6, 6.07) is 4.61. The first kappa shape index (κ1) is 18.7. The summed E-state index contributed by atoms with van der Waals surface area (Å²) in [6.45, 7) is 0. The van der Waals surface area contributed by atoms with Crippen molar-refractivity contribution in [1.82, 2.24) is 9.97 Å². The van der Waals surface area contributed by atoms with Crippen molar-refractivity contribution >= 4 is 31.8 Å². The molecule has 0 spiro atoms. The Labute approximate surface area is 144 Å².